The molecule has 76 valence electrons. The van der Waals surface area contributed by atoms with Gasteiger partial charge in [-0.2, -0.15) is 0 Å². The van der Waals surface area contributed by atoms with Gasteiger partial charge in [0, 0.05) is 6.42 Å². The van der Waals surface area contributed by atoms with E-state index >= 15 is 0 Å². The van der Waals surface area contributed by atoms with Gasteiger partial charge in [-0.3, -0.25) is 0 Å². The average Bonchev–Trinajstić information content (AvgIpc) is 2.35. The Kier molecular flexibility index (Phi) is 2.80. The predicted octanol–water partition coefficient (Wildman–Crippen LogP) is 0.855. The van der Waals surface area contributed by atoms with Crippen LogP contribution in [0.15, 0.2) is 11.6 Å². The van der Waals surface area contributed by atoms with E-state index in [1.807, 2.05) is 6.08 Å². The van der Waals surface area contributed by atoms with Gasteiger partial charge in [-0.05, 0) is 26.3 Å². The molecule has 3 nitrogen and oxygen atoms in total. The van der Waals surface area contributed by atoms with Crippen LogP contribution in [0.3, 0.4) is 0 Å². The predicted molar refractivity (Wildman–Crippen MR) is 50.4 cm³/mol. The van der Waals surface area contributed by atoms with Gasteiger partial charge in [-0.25, -0.2) is 0 Å². The average molecular weight is 186 g/mol. The Bertz CT molecular complexity index is 211. The molecular formula is C10H18O3. The maximum atomic E-state index is 9.96. The Balaban J connectivity index is 2.61. The van der Waals surface area contributed by atoms with Crippen molar-refractivity contribution in [3.05, 3.63) is 11.6 Å². The van der Waals surface area contributed by atoms with Crippen LogP contribution in [0.4, 0.5) is 0 Å². The first-order chi connectivity index (χ1) is 5.83. The second-order valence-corrected chi connectivity index (χ2v) is 4.39. The minimum atomic E-state index is -1.09. The maximum absolute atomic E-state index is 9.96. The Morgan fingerprint density at radius 3 is 2.38 bits per heavy atom. The van der Waals surface area contributed by atoms with E-state index in [9.17, 15) is 10.2 Å². The van der Waals surface area contributed by atoms with Crippen molar-refractivity contribution in [3.8, 4) is 0 Å². The van der Waals surface area contributed by atoms with Crippen LogP contribution in [-0.4, -0.2) is 34.6 Å². The van der Waals surface area contributed by atoms with Crippen LogP contribution in [0.5, 0.6) is 0 Å². The zero-order valence-corrected chi connectivity index (χ0v) is 8.50. The van der Waals surface area contributed by atoms with Crippen LogP contribution in [-0.2, 0) is 4.74 Å². The summed E-state index contributed by atoms with van der Waals surface area (Å²) in [6.07, 6.45) is 2.43. The lowest BCUT2D eigenvalue weighted by molar-refractivity contribution is -0.119. The van der Waals surface area contributed by atoms with Gasteiger partial charge >= 0.3 is 0 Å². The van der Waals surface area contributed by atoms with Crippen molar-refractivity contribution in [2.24, 2.45) is 0 Å². The molecule has 0 radical (unpaired) electrons. The fourth-order valence-corrected chi connectivity index (χ4v) is 1.21. The molecule has 0 saturated carbocycles. The number of hydrogen-bond donors (Lipinski definition) is 2. The van der Waals surface area contributed by atoms with Gasteiger partial charge in [-0.1, -0.05) is 6.08 Å². The quantitative estimate of drug-likeness (QED) is 0.643. The van der Waals surface area contributed by atoms with Crippen molar-refractivity contribution < 1.29 is 14.9 Å². The monoisotopic (exact) mass is 186 g/mol. The van der Waals surface area contributed by atoms with Crippen LogP contribution in [0, 0.1) is 0 Å². The Hall–Kier alpha value is -0.380. The van der Waals surface area contributed by atoms with Crippen molar-refractivity contribution in [3.63, 3.8) is 0 Å². The second-order valence-electron chi connectivity index (χ2n) is 4.39. The third-order valence-electron chi connectivity index (χ3n) is 2.67. The van der Waals surface area contributed by atoms with Gasteiger partial charge in [-0.15, -0.1) is 0 Å². The first-order valence-corrected chi connectivity index (χ1v) is 4.53. The van der Waals surface area contributed by atoms with Gasteiger partial charge in [0.2, 0.25) is 0 Å². The molecule has 1 aliphatic heterocycles. The molecule has 0 aromatic heterocycles. The molecule has 0 spiro atoms. The van der Waals surface area contributed by atoms with Gasteiger partial charge < -0.3 is 14.9 Å². The number of rotatable bonds is 3. The number of ether oxygens (including phenoxy) is 1. The lowest BCUT2D eigenvalue weighted by Crippen LogP contribution is -2.47. The summed E-state index contributed by atoms with van der Waals surface area (Å²) in [4.78, 5) is 0. The Morgan fingerprint density at radius 2 is 2.00 bits per heavy atom. The fourth-order valence-electron chi connectivity index (χ4n) is 1.21. The van der Waals surface area contributed by atoms with Gasteiger partial charge in [0.25, 0.3) is 0 Å². The van der Waals surface area contributed by atoms with E-state index in [1.54, 1.807) is 20.8 Å². The Morgan fingerprint density at radius 1 is 1.38 bits per heavy atom. The molecule has 0 aromatic rings. The highest BCUT2D eigenvalue weighted by molar-refractivity contribution is 5.12. The SMILES string of the molecule is CC(C)(O)C(C)(O)CC1=CCOC1. The highest BCUT2D eigenvalue weighted by atomic mass is 16.5. The minimum Gasteiger partial charge on any atom is -0.387 e. The topological polar surface area (TPSA) is 49.7 Å². The molecule has 0 aromatic carbocycles. The van der Waals surface area contributed by atoms with E-state index in [0.29, 0.717) is 19.6 Å². The van der Waals surface area contributed by atoms with Crippen molar-refractivity contribution in [2.45, 2.75) is 38.4 Å². The standard InChI is InChI=1S/C10H18O3/c1-9(2,11)10(3,12)6-8-4-5-13-7-8/h4,11-12H,5-7H2,1-3H3. The van der Waals surface area contributed by atoms with Crippen LogP contribution < -0.4 is 0 Å². The van der Waals surface area contributed by atoms with E-state index in [-0.39, 0.29) is 0 Å². The van der Waals surface area contributed by atoms with Crippen LogP contribution in [0.2, 0.25) is 0 Å². The van der Waals surface area contributed by atoms with E-state index < -0.39 is 11.2 Å². The van der Waals surface area contributed by atoms with Crippen molar-refractivity contribution in [1.29, 1.82) is 0 Å². The highest BCUT2D eigenvalue weighted by Crippen LogP contribution is 2.29. The molecule has 0 bridgehead atoms. The molecule has 0 aliphatic carbocycles. The lowest BCUT2D eigenvalue weighted by atomic mass is 9.82. The van der Waals surface area contributed by atoms with Crippen LogP contribution >= 0.6 is 0 Å². The third kappa shape index (κ3) is 2.53. The number of hydrogen-bond acceptors (Lipinski definition) is 3. The Labute approximate surface area is 79.0 Å². The zero-order valence-electron chi connectivity index (χ0n) is 8.50. The summed E-state index contributed by atoms with van der Waals surface area (Å²) in [6, 6.07) is 0. The first kappa shape index (κ1) is 10.7. The molecule has 1 rings (SSSR count). The van der Waals surface area contributed by atoms with E-state index in [1.165, 1.54) is 0 Å². The summed E-state index contributed by atoms with van der Waals surface area (Å²) in [7, 11) is 0. The molecule has 2 N–H and O–H groups in total. The van der Waals surface area contributed by atoms with E-state index in [2.05, 4.69) is 0 Å². The molecule has 1 heterocycles. The van der Waals surface area contributed by atoms with E-state index in [0.717, 1.165) is 5.57 Å². The molecule has 13 heavy (non-hydrogen) atoms. The molecule has 0 fully saturated rings. The molecule has 1 unspecified atom stereocenters. The van der Waals surface area contributed by atoms with Gasteiger partial charge in [0.05, 0.1) is 24.4 Å². The molecule has 1 atom stereocenters. The van der Waals surface area contributed by atoms with Crippen molar-refractivity contribution in [1.82, 2.24) is 0 Å². The van der Waals surface area contributed by atoms with Crippen molar-refractivity contribution >= 4 is 0 Å². The van der Waals surface area contributed by atoms with Crippen LogP contribution in [0.1, 0.15) is 27.2 Å². The lowest BCUT2D eigenvalue weighted by Gasteiger charge is -2.35. The van der Waals surface area contributed by atoms with Crippen LogP contribution in [0.25, 0.3) is 0 Å². The normalized spacial score (nSPS) is 22.7. The third-order valence-corrected chi connectivity index (χ3v) is 2.67. The smallest absolute Gasteiger partial charge is 0.0937 e. The summed E-state index contributed by atoms with van der Waals surface area (Å²) in [5.74, 6) is 0. The maximum Gasteiger partial charge on any atom is 0.0937 e. The molecule has 0 saturated heterocycles. The zero-order chi connectivity index (χ0) is 10.1. The highest BCUT2D eigenvalue weighted by Gasteiger charge is 2.38. The summed E-state index contributed by atoms with van der Waals surface area (Å²) >= 11 is 0. The molecular weight excluding hydrogens is 168 g/mol. The first-order valence-electron chi connectivity index (χ1n) is 4.53. The molecule has 1 aliphatic rings. The molecule has 3 heteroatoms. The van der Waals surface area contributed by atoms with Crippen molar-refractivity contribution in [2.75, 3.05) is 13.2 Å². The largest absolute Gasteiger partial charge is 0.387 e. The van der Waals surface area contributed by atoms with Gasteiger partial charge in [0.1, 0.15) is 0 Å². The van der Waals surface area contributed by atoms with Gasteiger partial charge in [0.15, 0.2) is 0 Å². The molecule has 0 amide bonds. The summed E-state index contributed by atoms with van der Waals surface area (Å²) in [5, 5.41) is 19.7. The second kappa shape index (κ2) is 3.40. The minimum absolute atomic E-state index is 0.469. The number of aliphatic hydroxyl groups is 2. The summed E-state index contributed by atoms with van der Waals surface area (Å²) in [6.45, 7) is 6.07. The van der Waals surface area contributed by atoms with E-state index in [4.69, 9.17) is 4.74 Å². The summed E-state index contributed by atoms with van der Waals surface area (Å²) < 4.78 is 5.13. The summed E-state index contributed by atoms with van der Waals surface area (Å²) in [5.41, 5.74) is -1.12. The fraction of sp³-hybridized carbons (Fsp3) is 0.800.